The normalized spacial score (nSPS) is 26.4. The maximum Gasteiger partial charge on any atom is 0.222 e. The minimum absolute atomic E-state index is 0.319. The first-order valence-electron chi connectivity index (χ1n) is 8.94. The molecule has 1 aromatic rings. The maximum atomic E-state index is 12.3. The smallest absolute Gasteiger partial charge is 0.222 e. The molecule has 23 heavy (non-hydrogen) atoms. The van der Waals surface area contributed by atoms with Crippen LogP contribution in [0.3, 0.4) is 0 Å². The third kappa shape index (κ3) is 4.32. The summed E-state index contributed by atoms with van der Waals surface area (Å²) in [5, 5.41) is 2.15. The highest BCUT2D eigenvalue weighted by atomic mass is 32.1. The molecule has 5 heteroatoms. The van der Waals surface area contributed by atoms with Crippen LogP contribution < -0.4 is 0 Å². The van der Waals surface area contributed by atoms with Crippen LogP contribution in [0, 0.1) is 11.3 Å². The molecular formula is C18H29N3OS. The molecule has 0 radical (unpaired) electrons. The summed E-state index contributed by atoms with van der Waals surface area (Å²) >= 11 is 1.67. The van der Waals surface area contributed by atoms with E-state index in [1.165, 1.54) is 25.1 Å². The third-order valence-electron chi connectivity index (χ3n) is 5.33. The molecule has 1 atom stereocenters. The Morgan fingerprint density at radius 3 is 2.96 bits per heavy atom. The molecule has 2 saturated heterocycles. The lowest BCUT2D eigenvalue weighted by molar-refractivity contribution is -0.139. The summed E-state index contributed by atoms with van der Waals surface area (Å²) in [4.78, 5) is 21.4. The Balaban J connectivity index is 1.61. The first-order valence-corrected chi connectivity index (χ1v) is 9.88. The van der Waals surface area contributed by atoms with E-state index in [2.05, 4.69) is 34.0 Å². The van der Waals surface area contributed by atoms with Crippen molar-refractivity contribution in [1.29, 1.82) is 0 Å². The Kier molecular flexibility index (Phi) is 5.37. The topological polar surface area (TPSA) is 36.4 Å². The van der Waals surface area contributed by atoms with Gasteiger partial charge in [-0.2, -0.15) is 0 Å². The number of thiazole rings is 1. The van der Waals surface area contributed by atoms with E-state index < -0.39 is 0 Å². The summed E-state index contributed by atoms with van der Waals surface area (Å²) in [6.07, 6.45) is 5.44. The molecular weight excluding hydrogens is 306 g/mol. The van der Waals surface area contributed by atoms with E-state index in [4.69, 9.17) is 0 Å². The Bertz CT molecular complexity index is 516. The fraction of sp³-hybridized carbons (Fsp3) is 0.778. The minimum atomic E-state index is 0.319. The van der Waals surface area contributed by atoms with Crippen LogP contribution in [0.1, 0.15) is 51.6 Å². The monoisotopic (exact) mass is 335 g/mol. The minimum Gasteiger partial charge on any atom is -0.342 e. The number of hydrogen-bond donors (Lipinski definition) is 0. The van der Waals surface area contributed by atoms with Gasteiger partial charge in [0.1, 0.15) is 0 Å². The molecule has 0 bridgehead atoms. The van der Waals surface area contributed by atoms with Crippen molar-refractivity contribution in [3.8, 4) is 0 Å². The zero-order chi connectivity index (χ0) is 16.3. The Labute approximate surface area is 143 Å². The quantitative estimate of drug-likeness (QED) is 0.827. The van der Waals surface area contributed by atoms with Gasteiger partial charge in [-0.3, -0.25) is 9.69 Å². The largest absolute Gasteiger partial charge is 0.342 e. The van der Waals surface area contributed by atoms with Crippen molar-refractivity contribution in [1.82, 2.24) is 14.8 Å². The van der Waals surface area contributed by atoms with Crippen molar-refractivity contribution in [2.24, 2.45) is 11.3 Å². The molecule has 3 rings (SSSR count). The first kappa shape index (κ1) is 16.9. The van der Waals surface area contributed by atoms with Gasteiger partial charge in [0.15, 0.2) is 0 Å². The number of hydrogen-bond acceptors (Lipinski definition) is 4. The van der Waals surface area contributed by atoms with E-state index in [9.17, 15) is 4.79 Å². The van der Waals surface area contributed by atoms with Gasteiger partial charge in [0.2, 0.25) is 5.91 Å². The molecule has 0 unspecified atom stereocenters. The van der Waals surface area contributed by atoms with E-state index in [0.29, 0.717) is 17.2 Å². The molecule has 3 heterocycles. The molecule has 2 fully saturated rings. The highest BCUT2D eigenvalue weighted by molar-refractivity contribution is 7.07. The van der Waals surface area contributed by atoms with Crippen molar-refractivity contribution in [3.05, 3.63) is 16.6 Å². The Morgan fingerprint density at radius 2 is 2.22 bits per heavy atom. The number of likely N-dealkylation sites (tertiary alicyclic amines) is 2. The molecule has 128 valence electrons. The van der Waals surface area contributed by atoms with Gasteiger partial charge in [0.25, 0.3) is 0 Å². The second kappa shape index (κ2) is 7.31. The van der Waals surface area contributed by atoms with Crippen LogP contribution in [0.4, 0.5) is 0 Å². The van der Waals surface area contributed by atoms with Crippen LogP contribution in [-0.4, -0.2) is 46.9 Å². The van der Waals surface area contributed by atoms with E-state index >= 15 is 0 Å². The molecule has 0 aromatic carbocycles. The fourth-order valence-corrected chi connectivity index (χ4v) is 4.59. The number of carbonyl (C=O) groups excluding carboxylic acids is 1. The summed E-state index contributed by atoms with van der Waals surface area (Å²) in [5.74, 6) is 1.03. The predicted molar refractivity (Wildman–Crippen MR) is 94.3 cm³/mol. The second-order valence-corrected chi connectivity index (χ2v) is 8.51. The molecule has 0 aliphatic carbocycles. The van der Waals surface area contributed by atoms with Crippen LogP contribution in [0.2, 0.25) is 0 Å². The molecule has 4 nitrogen and oxygen atoms in total. The van der Waals surface area contributed by atoms with Crippen LogP contribution >= 0.6 is 11.3 Å². The zero-order valence-corrected chi connectivity index (χ0v) is 15.3. The Hall–Kier alpha value is -0.940. The zero-order valence-electron chi connectivity index (χ0n) is 14.5. The first-order chi connectivity index (χ1) is 11.1. The molecule has 1 aromatic heterocycles. The van der Waals surface area contributed by atoms with Gasteiger partial charge in [0.05, 0.1) is 11.2 Å². The third-order valence-corrected chi connectivity index (χ3v) is 5.97. The van der Waals surface area contributed by atoms with Gasteiger partial charge in [-0.15, -0.1) is 11.3 Å². The summed E-state index contributed by atoms with van der Waals surface area (Å²) in [6.45, 7) is 9.62. The maximum absolute atomic E-state index is 12.3. The number of amides is 1. The van der Waals surface area contributed by atoms with Gasteiger partial charge in [0, 0.05) is 43.4 Å². The lowest BCUT2D eigenvalue weighted by Crippen LogP contribution is -2.54. The molecule has 1 amide bonds. The van der Waals surface area contributed by atoms with Gasteiger partial charge < -0.3 is 4.90 Å². The van der Waals surface area contributed by atoms with Crippen LogP contribution in [0.15, 0.2) is 10.9 Å². The number of nitrogens with zero attached hydrogens (tertiary/aromatic N) is 3. The van der Waals surface area contributed by atoms with Crippen molar-refractivity contribution in [2.45, 2.75) is 52.5 Å². The predicted octanol–water partition coefficient (Wildman–Crippen LogP) is 3.39. The SMILES string of the molecule is CC(C)CCN1C[C@@]2(CCCN(Cc3cscn3)C2)CCC1=O. The van der Waals surface area contributed by atoms with Crippen molar-refractivity contribution >= 4 is 17.2 Å². The molecule has 0 N–H and O–H groups in total. The van der Waals surface area contributed by atoms with E-state index in [-0.39, 0.29) is 0 Å². The van der Waals surface area contributed by atoms with Crippen LogP contribution in [-0.2, 0) is 11.3 Å². The number of carbonyl (C=O) groups is 1. The van der Waals surface area contributed by atoms with E-state index in [0.717, 1.165) is 45.4 Å². The summed E-state index contributed by atoms with van der Waals surface area (Å²) < 4.78 is 0. The van der Waals surface area contributed by atoms with Crippen molar-refractivity contribution in [2.75, 3.05) is 26.2 Å². The molecule has 2 aliphatic heterocycles. The van der Waals surface area contributed by atoms with Gasteiger partial charge in [-0.05, 0) is 38.1 Å². The van der Waals surface area contributed by atoms with Crippen LogP contribution in [0.5, 0.6) is 0 Å². The van der Waals surface area contributed by atoms with Gasteiger partial charge in [-0.1, -0.05) is 13.8 Å². The highest BCUT2D eigenvalue weighted by Gasteiger charge is 2.41. The average molecular weight is 336 g/mol. The number of aromatic nitrogens is 1. The molecule has 1 spiro atoms. The Morgan fingerprint density at radius 1 is 1.35 bits per heavy atom. The lowest BCUT2D eigenvalue weighted by atomic mass is 9.73. The van der Waals surface area contributed by atoms with Crippen molar-refractivity contribution in [3.63, 3.8) is 0 Å². The summed E-state index contributed by atoms with van der Waals surface area (Å²) in [6, 6.07) is 0. The van der Waals surface area contributed by atoms with Crippen LogP contribution in [0.25, 0.3) is 0 Å². The summed E-state index contributed by atoms with van der Waals surface area (Å²) in [7, 11) is 0. The second-order valence-electron chi connectivity index (χ2n) is 7.79. The average Bonchev–Trinajstić information content (AvgIpc) is 3.02. The lowest BCUT2D eigenvalue weighted by Gasteiger charge is -2.48. The van der Waals surface area contributed by atoms with Gasteiger partial charge in [-0.25, -0.2) is 4.98 Å². The standard InChI is InChI=1S/C18H29N3OS/c1-15(2)5-9-21-13-18(7-4-17(21)22)6-3-8-20(12-18)10-16-11-23-14-19-16/h11,14-15H,3-10,12-13H2,1-2H3/t18-/m0/s1. The number of piperidine rings is 2. The van der Waals surface area contributed by atoms with E-state index in [1.807, 2.05) is 5.51 Å². The summed E-state index contributed by atoms with van der Waals surface area (Å²) in [5.41, 5.74) is 3.43. The van der Waals surface area contributed by atoms with Gasteiger partial charge >= 0.3 is 0 Å². The van der Waals surface area contributed by atoms with E-state index in [1.54, 1.807) is 11.3 Å². The number of rotatable bonds is 5. The fourth-order valence-electron chi connectivity index (χ4n) is 4.04. The highest BCUT2D eigenvalue weighted by Crippen LogP contribution is 2.39. The van der Waals surface area contributed by atoms with Crippen molar-refractivity contribution < 1.29 is 4.79 Å². The molecule has 0 saturated carbocycles. The molecule has 2 aliphatic rings.